The van der Waals surface area contributed by atoms with Crippen LogP contribution in [0.2, 0.25) is 0 Å². The first-order chi connectivity index (χ1) is 12.4. The Morgan fingerprint density at radius 1 is 0.440 bits per heavy atom. The molecular weight excluding hydrogens is 415 g/mol. The molecule has 0 amide bonds. The molecule has 4 aromatic carbocycles. The van der Waals surface area contributed by atoms with Gasteiger partial charge in [-0.25, -0.2) is 0 Å². The van der Waals surface area contributed by atoms with Gasteiger partial charge in [0.1, 0.15) is 0 Å². The van der Waals surface area contributed by atoms with Crippen molar-refractivity contribution in [3.8, 4) is 22.3 Å². The molecule has 4 rings (SSSR count). The predicted octanol–water partition coefficient (Wildman–Crippen LogP) is 3.15. The third-order valence-corrected chi connectivity index (χ3v) is 6.93. The minimum absolute atomic E-state index is 0.228. The standard InChI is InChI=1S/C24H18I/c1-4-11-19(12-5-1)22-17-10-18-23(25-21-15-8-3-9-16-21)24(22)20-13-6-2-7-14-20/h1-18H/q+1. The molecule has 0 aliphatic carbocycles. The Labute approximate surface area is 159 Å². The molecule has 0 aliphatic heterocycles. The first kappa shape index (κ1) is 16.1. The molecule has 0 N–H and O–H groups in total. The van der Waals surface area contributed by atoms with Crippen LogP contribution in [0.4, 0.5) is 0 Å². The summed E-state index contributed by atoms with van der Waals surface area (Å²) in [7, 11) is 0. The van der Waals surface area contributed by atoms with Crippen molar-refractivity contribution in [1.29, 1.82) is 0 Å². The highest BCUT2D eigenvalue weighted by Gasteiger charge is 2.23. The Morgan fingerprint density at radius 2 is 1.00 bits per heavy atom. The average Bonchev–Trinajstić information content (AvgIpc) is 2.70. The summed E-state index contributed by atoms with van der Waals surface area (Å²) < 4.78 is 2.92. The largest absolute Gasteiger partial charge is 0.358 e. The van der Waals surface area contributed by atoms with E-state index in [1.807, 2.05) is 0 Å². The molecule has 0 atom stereocenters. The lowest BCUT2D eigenvalue weighted by Crippen LogP contribution is -3.61. The first-order valence-electron chi connectivity index (χ1n) is 8.35. The molecule has 0 bridgehead atoms. The Morgan fingerprint density at radius 3 is 1.64 bits per heavy atom. The van der Waals surface area contributed by atoms with E-state index in [9.17, 15) is 0 Å². The molecule has 4 aromatic rings. The molecular formula is C24H18I+. The molecule has 1 heteroatoms. The third-order valence-electron chi connectivity index (χ3n) is 4.10. The average molecular weight is 433 g/mol. The van der Waals surface area contributed by atoms with Gasteiger partial charge in [-0.1, -0.05) is 91.0 Å². The summed E-state index contributed by atoms with van der Waals surface area (Å²) in [4.78, 5) is 0. The van der Waals surface area contributed by atoms with Crippen LogP contribution in [0, 0.1) is 7.14 Å². The zero-order chi connectivity index (χ0) is 16.9. The van der Waals surface area contributed by atoms with E-state index < -0.39 is 0 Å². The van der Waals surface area contributed by atoms with Gasteiger partial charge in [0, 0.05) is 5.56 Å². The zero-order valence-corrected chi connectivity index (χ0v) is 15.9. The van der Waals surface area contributed by atoms with E-state index in [0.717, 1.165) is 0 Å². The molecule has 120 valence electrons. The van der Waals surface area contributed by atoms with Crippen LogP contribution in [0.5, 0.6) is 0 Å². The summed E-state index contributed by atoms with van der Waals surface area (Å²) in [6, 6.07) is 39.1. The van der Waals surface area contributed by atoms with Crippen LogP contribution >= 0.6 is 0 Å². The van der Waals surface area contributed by atoms with Crippen LogP contribution in [0.25, 0.3) is 22.3 Å². The molecule has 0 radical (unpaired) electrons. The third kappa shape index (κ3) is 3.67. The lowest BCUT2D eigenvalue weighted by Gasteiger charge is -2.10. The molecule has 0 nitrogen and oxygen atoms in total. The Balaban J connectivity index is 1.89. The van der Waals surface area contributed by atoms with E-state index in [4.69, 9.17) is 0 Å². The van der Waals surface area contributed by atoms with E-state index >= 15 is 0 Å². The number of hydrogen-bond donors (Lipinski definition) is 0. The summed E-state index contributed by atoms with van der Waals surface area (Å²) in [5.41, 5.74) is 5.28. The Hall–Kier alpha value is -2.39. The minimum Gasteiger partial charge on any atom is -0.0622 e. The molecule has 25 heavy (non-hydrogen) atoms. The van der Waals surface area contributed by atoms with E-state index in [2.05, 4.69) is 109 Å². The number of hydrogen-bond acceptors (Lipinski definition) is 0. The normalized spacial score (nSPS) is 10.6. The van der Waals surface area contributed by atoms with Gasteiger partial charge in [-0.05, 0) is 34.9 Å². The van der Waals surface area contributed by atoms with E-state index in [1.165, 1.54) is 29.4 Å². The van der Waals surface area contributed by atoms with Gasteiger partial charge in [0.2, 0.25) is 3.57 Å². The fraction of sp³-hybridized carbons (Fsp3) is 0. The fourth-order valence-electron chi connectivity index (χ4n) is 2.95. The zero-order valence-electron chi connectivity index (χ0n) is 13.8. The second-order valence-electron chi connectivity index (χ2n) is 5.78. The van der Waals surface area contributed by atoms with Gasteiger partial charge in [-0.15, -0.1) is 0 Å². The summed E-state index contributed by atoms with van der Waals surface area (Å²) in [5, 5.41) is 0. The fourth-order valence-corrected chi connectivity index (χ4v) is 5.66. The molecule has 0 saturated carbocycles. The summed E-state index contributed by atoms with van der Waals surface area (Å²) in [6.45, 7) is 0. The quantitative estimate of drug-likeness (QED) is 0.434. The number of halogens is 1. The summed E-state index contributed by atoms with van der Waals surface area (Å²) >= 11 is -0.228. The van der Waals surface area contributed by atoms with Gasteiger partial charge in [-0.3, -0.25) is 0 Å². The molecule has 0 saturated heterocycles. The Bertz CT molecular complexity index is 945. The van der Waals surface area contributed by atoms with Crippen LogP contribution in [0.15, 0.2) is 109 Å². The van der Waals surface area contributed by atoms with E-state index in [-0.39, 0.29) is 21.2 Å². The maximum absolute atomic E-state index is 2.30. The highest BCUT2D eigenvalue weighted by Crippen LogP contribution is 2.31. The van der Waals surface area contributed by atoms with Crippen molar-refractivity contribution < 1.29 is 21.2 Å². The molecule has 0 spiro atoms. The van der Waals surface area contributed by atoms with Gasteiger partial charge in [0.05, 0.1) is 0 Å². The van der Waals surface area contributed by atoms with Crippen LogP contribution in [-0.4, -0.2) is 0 Å². The van der Waals surface area contributed by atoms with Crippen molar-refractivity contribution in [2.45, 2.75) is 0 Å². The van der Waals surface area contributed by atoms with Gasteiger partial charge < -0.3 is 0 Å². The second kappa shape index (κ2) is 7.66. The van der Waals surface area contributed by atoms with Crippen molar-refractivity contribution in [2.24, 2.45) is 0 Å². The molecule has 0 aromatic heterocycles. The minimum atomic E-state index is -0.228. The van der Waals surface area contributed by atoms with Crippen LogP contribution in [0.3, 0.4) is 0 Å². The topological polar surface area (TPSA) is 0 Å². The first-order valence-corrected chi connectivity index (χ1v) is 10.5. The molecule has 0 heterocycles. The van der Waals surface area contributed by atoms with Gasteiger partial charge >= 0.3 is 21.2 Å². The highest BCUT2D eigenvalue weighted by molar-refractivity contribution is 5.83. The SMILES string of the molecule is c1ccc([I+]c2cccc(-c3ccccc3)c2-c2ccccc2)cc1. The highest BCUT2D eigenvalue weighted by atomic mass is 127. The molecule has 0 fully saturated rings. The van der Waals surface area contributed by atoms with Crippen molar-refractivity contribution in [1.82, 2.24) is 0 Å². The maximum Gasteiger partial charge on any atom is 0.358 e. The van der Waals surface area contributed by atoms with Gasteiger partial charge in [-0.2, -0.15) is 0 Å². The summed E-state index contributed by atoms with van der Waals surface area (Å²) in [6.07, 6.45) is 0. The predicted molar refractivity (Wildman–Crippen MR) is 101 cm³/mol. The monoisotopic (exact) mass is 433 g/mol. The smallest absolute Gasteiger partial charge is 0.0622 e. The van der Waals surface area contributed by atoms with E-state index in [0.29, 0.717) is 0 Å². The van der Waals surface area contributed by atoms with Crippen molar-refractivity contribution >= 4 is 0 Å². The Kier molecular flexibility index (Phi) is 4.93. The van der Waals surface area contributed by atoms with Crippen LogP contribution in [0.1, 0.15) is 0 Å². The molecule has 0 aliphatic rings. The molecule has 0 unspecified atom stereocenters. The second-order valence-corrected chi connectivity index (χ2v) is 8.73. The lowest BCUT2D eigenvalue weighted by atomic mass is 9.95. The van der Waals surface area contributed by atoms with Crippen molar-refractivity contribution in [3.63, 3.8) is 0 Å². The summed E-state index contributed by atoms with van der Waals surface area (Å²) in [5.74, 6) is 0. The van der Waals surface area contributed by atoms with Crippen LogP contribution in [-0.2, 0) is 0 Å². The number of rotatable bonds is 4. The van der Waals surface area contributed by atoms with Gasteiger partial charge in [0.25, 0.3) is 0 Å². The van der Waals surface area contributed by atoms with Gasteiger partial charge in [0.15, 0.2) is 3.57 Å². The van der Waals surface area contributed by atoms with Crippen molar-refractivity contribution in [2.75, 3.05) is 0 Å². The van der Waals surface area contributed by atoms with E-state index in [1.54, 1.807) is 0 Å². The van der Waals surface area contributed by atoms with Crippen molar-refractivity contribution in [3.05, 3.63) is 116 Å². The lowest BCUT2D eigenvalue weighted by molar-refractivity contribution is -0.596. The van der Waals surface area contributed by atoms with Crippen LogP contribution < -0.4 is 21.2 Å². The maximum atomic E-state index is 2.30. The number of benzene rings is 4.